The van der Waals surface area contributed by atoms with Crippen LogP contribution in [0.15, 0.2) is 66.7 Å². The molecule has 0 fully saturated rings. The van der Waals surface area contributed by atoms with Crippen LogP contribution in [0.3, 0.4) is 0 Å². The molecule has 0 saturated heterocycles. The molecular formula is C23H27N3O. The van der Waals surface area contributed by atoms with Gasteiger partial charge in [0.15, 0.2) is 0 Å². The summed E-state index contributed by atoms with van der Waals surface area (Å²) in [5.41, 5.74) is 8.93. The summed E-state index contributed by atoms with van der Waals surface area (Å²) in [6.45, 7) is 3.52. The zero-order valence-electron chi connectivity index (χ0n) is 15.7. The minimum absolute atomic E-state index is 0.793. The number of methoxy groups -OCH3 is 1. The summed E-state index contributed by atoms with van der Waals surface area (Å²) in [6.07, 6.45) is 4.23. The fourth-order valence-electron chi connectivity index (χ4n) is 3.05. The number of ether oxygens (including phenoxy) is 1. The Morgan fingerprint density at radius 2 is 1.63 bits per heavy atom. The van der Waals surface area contributed by atoms with E-state index in [9.17, 15) is 0 Å². The quantitative estimate of drug-likeness (QED) is 0.400. The molecule has 0 heterocycles. The predicted octanol–water partition coefficient (Wildman–Crippen LogP) is 3.82. The molecule has 3 aromatic carbocycles. The van der Waals surface area contributed by atoms with E-state index in [2.05, 4.69) is 47.1 Å². The van der Waals surface area contributed by atoms with Crippen molar-refractivity contribution in [2.24, 2.45) is 0 Å². The molecule has 0 bridgehead atoms. The Bertz CT molecular complexity index is 888. The Balaban J connectivity index is 1.41. The van der Waals surface area contributed by atoms with E-state index < -0.39 is 0 Å². The zero-order valence-corrected chi connectivity index (χ0v) is 15.7. The maximum Gasteiger partial charge on any atom is 0.126 e. The predicted molar refractivity (Wildman–Crippen MR) is 115 cm³/mol. The van der Waals surface area contributed by atoms with Gasteiger partial charge >= 0.3 is 0 Å². The number of nitrogen functional groups attached to an aromatic ring is 1. The highest BCUT2D eigenvalue weighted by Crippen LogP contribution is 2.28. The van der Waals surface area contributed by atoms with E-state index in [1.807, 2.05) is 36.4 Å². The highest BCUT2D eigenvalue weighted by molar-refractivity contribution is 5.91. The third kappa shape index (κ3) is 5.33. The lowest BCUT2D eigenvalue weighted by atomic mass is 10.0. The first-order valence-electron chi connectivity index (χ1n) is 9.26. The SMILES string of the molecule is COc1ccc(CNCCNC/C=C/c2ccc(N)cc2)c2ccccc12. The fraction of sp³-hybridized carbons (Fsp3) is 0.217. The zero-order chi connectivity index (χ0) is 18.9. The van der Waals surface area contributed by atoms with Gasteiger partial charge < -0.3 is 21.1 Å². The molecule has 0 aromatic heterocycles. The van der Waals surface area contributed by atoms with Crippen molar-refractivity contribution >= 4 is 22.5 Å². The topological polar surface area (TPSA) is 59.3 Å². The van der Waals surface area contributed by atoms with E-state index in [0.717, 1.165) is 48.6 Å². The second-order valence-electron chi connectivity index (χ2n) is 6.42. The number of rotatable bonds is 9. The van der Waals surface area contributed by atoms with Crippen LogP contribution in [0, 0.1) is 0 Å². The van der Waals surface area contributed by atoms with E-state index in [4.69, 9.17) is 10.5 Å². The van der Waals surface area contributed by atoms with Gasteiger partial charge in [-0.1, -0.05) is 54.6 Å². The number of benzene rings is 3. The van der Waals surface area contributed by atoms with Crippen molar-refractivity contribution in [2.45, 2.75) is 6.54 Å². The minimum Gasteiger partial charge on any atom is -0.496 e. The van der Waals surface area contributed by atoms with Gasteiger partial charge in [0.25, 0.3) is 0 Å². The van der Waals surface area contributed by atoms with Gasteiger partial charge in [-0.2, -0.15) is 0 Å². The van der Waals surface area contributed by atoms with E-state index in [0.29, 0.717) is 0 Å². The van der Waals surface area contributed by atoms with Crippen LogP contribution in [0.25, 0.3) is 16.8 Å². The molecule has 0 aliphatic heterocycles. The van der Waals surface area contributed by atoms with Crippen molar-refractivity contribution in [2.75, 3.05) is 32.5 Å². The average molecular weight is 361 g/mol. The molecule has 4 nitrogen and oxygen atoms in total. The van der Waals surface area contributed by atoms with Gasteiger partial charge in [0, 0.05) is 37.3 Å². The first kappa shape index (κ1) is 19.0. The molecule has 0 radical (unpaired) electrons. The van der Waals surface area contributed by atoms with Crippen LogP contribution in [0.5, 0.6) is 5.75 Å². The number of fused-ring (bicyclic) bond motifs is 1. The molecule has 0 aliphatic carbocycles. The smallest absolute Gasteiger partial charge is 0.126 e. The molecule has 0 unspecified atom stereocenters. The van der Waals surface area contributed by atoms with E-state index in [-0.39, 0.29) is 0 Å². The Morgan fingerprint density at radius 1 is 0.889 bits per heavy atom. The molecule has 4 N–H and O–H groups in total. The summed E-state index contributed by atoms with van der Waals surface area (Å²) >= 11 is 0. The van der Waals surface area contributed by atoms with Crippen molar-refractivity contribution in [3.8, 4) is 5.75 Å². The second-order valence-corrected chi connectivity index (χ2v) is 6.42. The van der Waals surface area contributed by atoms with Crippen LogP contribution in [-0.2, 0) is 6.54 Å². The first-order valence-corrected chi connectivity index (χ1v) is 9.26. The fourth-order valence-corrected chi connectivity index (χ4v) is 3.05. The third-order valence-corrected chi connectivity index (χ3v) is 4.50. The second kappa shape index (κ2) is 9.76. The third-order valence-electron chi connectivity index (χ3n) is 4.50. The van der Waals surface area contributed by atoms with Crippen LogP contribution in [0.1, 0.15) is 11.1 Å². The highest BCUT2D eigenvalue weighted by Gasteiger charge is 2.05. The molecular weight excluding hydrogens is 334 g/mol. The standard InChI is InChI=1S/C23H27N3O/c1-27-23-13-10-19(21-6-2-3-7-22(21)23)17-26-16-15-25-14-4-5-18-8-11-20(24)12-9-18/h2-13,25-26H,14-17,24H2,1H3/b5-4+. The van der Waals surface area contributed by atoms with Gasteiger partial charge in [-0.3, -0.25) is 0 Å². The Hall–Kier alpha value is -2.82. The molecule has 3 aromatic rings. The van der Waals surface area contributed by atoms with Crippen molar-refractivity contribution in [3.63, 3.8) is 0 Å². The lowest BCUT2D eigenvalue weighted by molar-refractivity contribution is 0.419. The molecule has 3 rings (SSSR count). The first-order chi connectivity index (χ1) is 13.3. The highest BCUT2D eigenvalue weighted by atomic mass is 16.5. The van der Waals surface area contributed by atoms with Crippen molar-refractivity contribution < 1.29 is 4.74 Å². The molecule has 140 valence electrons. The summed E-state index contributed by atoms with van der Waals surface area (Å²) in [5.74, 6) is 0.920. The number of hydrogen-bond donors (Lipinski definition) is 3. The number of nitrogens with two attached hydrogens (primary N) is 1. The van der Waals surface area contributed by atoms with Gasteiger partial charge in [0.2, 0.25) is 0 Å². The molecule has 0 saturated carbocycles. The lowest BCUT2D eigenvalue weighted by Crippen LogP contribution is -2.27. The summed E-state index contributed by atoms with van der Waals surface area (Å²) in [5, 5.41) is 9.32. The number of anilines is 1. The van der Waals surface area contributed by atoms with E-state index in [1.54, 1.807) is 7.11 Å². The van der Waals surface area contributed by atoms with E-state index in [1.165, 1.54) is 10.9 Å². The molecule has 0 aliphatic rings. The minimum atomic E-state index is 0.793. The summed E-state index contributed by atoms with van der Waals surface area (Å²) < 4.78 is 5.46. The Morgan fingerprint density at radius 3 is 2.41 bits per heavy atom. The average Bonchev–Trinajstić information content (AvgIpc) is 2.71. The normalized spacial score (nSPS) is 11.3. The van der Waals surface area contributed by atoms with Gasteiger partial charge in [-0.15, -0.1) is 0 Å². The molecule has 0 amide bonds. The summed E-state index contributed by atoms with van der Waals surface area (Å²) in [4.78, 5) is 0. The Kier molecular flexibility index (Phi) is 6.85. The maximum absolute atomic E-state index is 5.69. The van der Waals surface area contributed by atoms with Crippen molar-refractivity contribution in [1.82, 2.24) is 10.6 Å². The monoisotopic (exact) mass is 361 g/mol. The van der Waals surface area contributed by atoms with Crippen LogP contribution >= 0.6 is 0 Å². The van der Waals surface area contributed by atoms with Crippen molar-refractivity contribution in [1.29, 1.82) is 0 Å². The van der Waals surface area contributed by atoms with Crippen LogP contribution in [0.4, 0.5) is 5.69 Å². The van der Waals surface area contributed by atoms with Crippen LogP contribution in [-0.4, -0.2) is 26.7 Å². The van der Waals surface area contributed by atoms with Gasteiger partial charge in [0.1, 0.15) is 5.75 Å². The number of nitrogens with one attached hydrogen (secondary N) is 2. The van der Waals surface area contributed by atoms with Crippen LogP contribution in [0.2, 0.25) is 0 Å². The van der Waals surface area contributed by atoms with Gasteiger partial charge in [-0.05, 0) is 34.7 Å². The molecule has 0 spiro atoms. The Labute approximate surface area is 161 Å². The maximum atomic E-state index is 5.69. The summed E-state index contributed by atoms with van der Waals surface area (Å²) in [7, 11) is 1.72. The largest absolute Gasteiger partial charge is 0.496 e. The number of hydrogen-bond acceptors (Lipinski definition) is 4. The summed E-state index contributed by atoms with van der Waals surface area (Å²) in [6, 6.07) is 20.4. The molecule has 27 heavy (non-hydrogen) atoms. The van der Waals surface area contributed by atoms with Crippen molar-refractivity contribution in [3.05, 3.63) is 77.9 Å². The van der Waals surface area contributed by atoms with E-state index >= 15 is 0 Å². The molecule has 4 heteroatoms. The lowest BCUT2D eigenvalue weighted by Gasteiger charge is -2.11. The van der Waals surface area contributed by atoms with Gasteiger partial charge in [0.05, 0.1) is 7.11 Å². The van der Waals surface area contributed by atoms with Crippen LogP contribution < -0.4 is 21.1 Å². The molecule has 0 atom stereocenters. The van der Waals surface area contributed by atoms with Gasteiger partial charge in [-0.25, -0.2) is 0 Å².